The Hall–Kier alpha value is -1.28. The lowest BCUT2D eigenvalue weighted by Gasteiger charge is -2.15. The summed E-state index contributed by atoms with van der Waals surface area (Å²) in [4.78, 5) is 13.0. The second-order valence-corrected chi connectivity index (χ2v) is 5.81. The second kappa shape index (κ2) is 4.77. The molecule has 0 N–H and O–H groups in total. The predicted molar refractivity (Wildman–Crippen MR) is 62.4 cm³/mol. The number of carbonyl (C=O) groups is 1. The minimum Gasteiger partial charge on any atom is -0.310 e. The number of rotatable bonds is 3. The van der Waals surface area contributed by atoms with Crippen molar-refractivity contribution in [3.63, 3.8) is 0 Å². The number of nitrogens with zero attached hydrogens (tertiary/aromatic N) is 3. The third-order valence-electron chi connectivity index (χ3n) is 2.56. The number of halogens is 2. The number of hydrogen-bond donors (Lipinski definition) is 0. The molecule has 0 bridgehead atoms. The van der Waals surface area contributed by atoms with Gasteiger partial charge in [-0.3, -0.25) is 4.79 Å². The van der Waals surface area contributed by atoms with Crippen LogP contribution in [-0.2, 0) is 15.0 Å². The van der Waals surface area contributed by atoms with E-state index in [4.69, 9.17) is 11.6 Å². The van der Waals surface area contributed by atoms with E-state index in [-0.39, 0.29) is 24.0 Å². The van der Waals surface area contributed by atoms with Crippen LogP contribution < -0.4 is 4.90 Å². The van der Waals surface area contributed by atoms with Crippen LogP contribution in [0.3, 0.4) is 0 Å². The number of carbonyl (C=O) groups excluding carboxylic acids is 1. The van der Waals surface area contributed by atoms with Crippen LogP contribution in [0, 0.1) is 5.92 Å². The van der Waals surface area contributed by atoms with Gasteiger partial charge in [0.1, 0.15) is 0 Å². The van der Waals surface area contributed by atoms with Gasteiger partial charge in [-0.1, -0.05) is 11.6 Å². The van der Waals surface area contributed by atoms with E-state index >= 15 is 0 Å². The molecule has 1 aliphatic heterocycles. The van der Waals surface area contributed by atoms with E-state index in [1.165, 1.54) is 17.2 Å². The van der Waals surface area contributed by atoms with Crippen molar-refractivity contribution in [3.8, 4) is 0 Å². The first-order chi connectivity index (χ1) is 8.35. The second-order valence-electron chi connectivity index (χ2n) is 4.02. The lowest BCUT2D eigenvalue weighted by atomic mass is 10.1. The first-order valence-corrected chi connectivity index (χ1v) is 6.99. The van der Waals surface area contributed by atoms with Crippen molar-refractivity contribution in [2.45, 2.75) is 6.42 Å². The van der Waals surface area contributed by atoms with E-state index in [1.54, 1.807) is 0 Å². The summed E-state index contributed by atoms with van der Waals surface area (Å²) in [5.74, 6) is -1.49. The van der Waals surface area contributed by atoms with Gasteiger partial charge in [0.05, 0.1) is 17.6 Å². The van der Waals surface area contributed by atoms with E-state index in [1.807, 2.05) is 0 Å². The van der Waals surface area contributed by atoms with Crippen molar-refractivity contribution in [2.75, 3.05) is 17.2 Å². The number of anilines is 1. The first-order valence-electron chi connectivity index (χ1n) is 5.06. The topological polar surface area (TPSA) is 80.2 Å². The Morgan fingerprint density at radius 2 is 2.28 bits per heavy atom. The minimum absolute atomic E-state index is 0.0108. The molecule has 1 fully saturated rings. The van der Waals surface area contributed by atoms with E-state index in [9.17, 15) is 17.1 Å². The maximum Gasteiger partial charge on any atom is 0.302 e. The summed E-state index contributed by atoms with van der Waals surface area (Å²) in [6.07, 6.45) is 1.33. The van der Waals surface area contributed by atoms with Crippen molar-refractivity contribution < 1.29 is 17.1 Å². The average molecular weight is 294 g/mol. The van der Waals surface area contributed by atoms with Gasteiger partial charge in [-0.05, 0) is 0 Å². The van der Waals surface area contributed by atoms with Gasteiger partial charge < -0.3 is 4.90 Å². The Morgan fingerprint density at radius 3 is 2.89 bits per heavy atom. The van der Waals surface area contributed by atoms with Crippen LogP contribution in [0.4, 0.5) is 9.57 Å². The molecule has 2 rings (SSSR count). The Kier molecular flexibility index (Phi) is 3.49. The highest BCUT2D eigenvalue weighted by molar-refractivity contribution is 7.86. The fourth-order valence-corrected chi connectivity index (χ4v) is 2.84. The summed E-state index contributed by atoms with van der Waals surface area (Å²) in [5.41, 5.74) is 0.429. The SMILES string of the molecule is O=C1CC(CS(=O)(=O)F)CN1c1cnnc(Cl)c1. The van der Waals surface area contributed by atoms with Gasteiger partial charge in [0.2, 0.25) is 5.91 Å². The molecule has 98 valence electrons. The molecule has 1 aromatic rings. The Balaban J connectivity index is 2.15. The lowest BCUT2D eigenvalue weighted by Crippen LogP contribution is -2.25. The first kappa shape index (κ1) is 13.2. The number of hydrogen-bond acceptors (Lipinski definition) is 5. The third kappa shape index (κ3) is 3.14. The molecule has 2 heterocycles. The van der Waals surface area contributed by atoms with Crippen LogP contribution in [0.25, 0.3) is 0 Å². The zero-order valence-electron chi connectivity index (χ0n) is 9.08. The molecule has 1 aliphatic rings. The van der Waals surface area contributed by atoms with Crippen molar-refractivity contribution in [3.05, 3.63) is 17.4 Å². The zero-order chi connectivity index (χ0) is 13.3. The van der Waals surface area contributed by atoms with Gasteiger partial charge >= 0.3 is 10.2 Å². The van der Waals surface area contributed by atoms with Crippen molar-refractivity contribution in [1.82, 2.24) is 10.2 Å². The van der Waals surface area contributed by atoms with E-state index in [0.29, 0.717) is 5.69 Å². The summed E-state index contributed by atoms with van der Waals surface area (Å²) in [6.45, 7) is 0.129. The van der Waals surface area contributed by atoms with Gasteiger partial charge in [-0.2, -0.15) is 13.5 Å². The summed E-state index contributed by atoms with van der Waals surface area (Å²) >= 11 is 5.65. The largest absolute Gasteiger partial charge is 0.310 e. The van der Waals surface area contributed by atoms with Crippen LogP contribution in [0.2, 0.25) is 5.15 Å². The van der Waals surface area contributed by atoms with Gasteiger partial charge in [-0.15, -0.1) is 8.98 Å². The normalized spacial score (nSPS) is 20.4. The van der Waals surface area contributed by atoms with Crippen LogP contribution >= 0.6 is 11.6 Å². The molecule has 1 unspecified atom stereocenters. The third-order valence-corrected chi connectivity index (χ3v) is 3.62. The Morgan fingerprint density at radius 1 is 1.56 bits per heavy atom. The Bertz CT molecular complexity index is 580. The maximum atomic E-state index is 12.6. The van der Waals surface area contributed by atoms with E-state index in [0.717, 1.165) is 0 Å². The molecule has 18 heavy (non-hydrogen) atoms. The summed E-state index contributed by atoms with van der Waals surface area (Å²) in [7, 11) is -4.58. The lowest BCUT2D eigenvalue weighted by molar-refractivity contribution is -0.117. The van der Waals surface area contributed by atoms with Crippen LogP contribution in [0.1, 0.15) is 6.42 Å². The molecule has 1 aromatic heterocycles. The standard InChI is InChI=1S/C9H9ClFN3O3S/c10-8-2-7(3-12-13-8)14-4-6(1-9(14)15)5-18(11,16)17/h2-3,6H,1,4-5H2. The number of aromatic nitrogens is 2. The Labute approximate surface area is 108 Å². The minimum atomic E-state index is -4.58. The molecule has 0 radical (unpaired) electrons. The number of amides is 1. The zero-order valence-corrected chi connectivity index (χ0v) is 10.7. The fraction of sp³-hybridized carbons (Fsp3) is 0.444. The molecule has 0 saturated carbocycles. The smallest absolute Gasteiger partial charge is 0.302 e. The molecule has 0 aromatic carbocycles. The van der Waals surface area contributed by atoms with Crippen molar-refractivity contribution >= 4 is 33.4 Å². The fourth-order valence-electron chi connectivity index (χ4n) is 1.90. The van der Waals surface area contributed by atoms with Crippen LogP contribution in [0.15, 0.2) is 12.3 Å². The van der Waals surface area contributed by atoms with E-state index < -0.39 is 21.9 Å². The summed E-state index contributed by atoms with van der Waals surface area (Å²) < 4.78 is 33.7. The molecular formula is C9H9ClFN3O3S. The molecular weight excluding hydrogens is 285 g/mol. The van der Waals surface area contributed by atoms with Crippen LogP contribution in [0.5, 0.6) is 0 Å². The van der Waals surface area contributed by atoms with E-state index in [2.05, 4.69) is 10.2 Å². The quantitative estimate of drug-likeness (QED) is 0.770. The van der Waals surface area contributed by atoms with Gasteiger partial charge in [0, 0.05) is 24.9 Å². The van der Waals surface area contributed by atoms with Crippen molar-refractivity contribution in [1.29, 1.82) is 0 Å². The van der Waals surface area contributed by atoms with Crippen molar-refractivity contribution in [2.24, 2.45) is 5.92 Å². The molecule has 9 heteroatoms. The van der Waals surface area contributed by atoms with Gasteiger partial charge in [0.25, 0.3) is 0 Å². The summed E-state index contributed by atoms with van der Waals surface area (Å²) in [6, 6.07) is 1.44. The molecule has 0 aliphatic carbocycles. The highest BCUT2D eigenvalue weighted by Gasteiger charge is 2.33. The molecule has 1 amide bonds. The highest BCUT2D eigenvalue weighted by atomic mass is 35.5. The average Bonchev–Trinajstić information content (AvgIpc) is 2.56. The van der Waals surface area contributed by atoms with Gasteiger partial charge in [0.15, 0.2) is 5.15 Å². The molecule has 6 nitrogen and oxygen atoms in total. The molecule has 1 saturated heterocycles. The summed E-state index contributed by atoms with van der Waals surface area (Å²) in [5, 5.41) is 7.26. The predicted octanol–water partition coefficient (Wildman–Crippen LogP) is 0.782. The van der Waals surface area contributed by atoms with Crippen LogP contribution in [-0.4, -0.2) is 36.8 Å². The highest BCUT2D eigenvalue weighted by Crippen LogP contribution is 2.26. The van der Waals surface area contributed by atoms with Gasteiger partial charge in [-0.25, -0.2) is 0 Å². The maximum absolute atomic E-state index is 12.6. The molecule has 0 spiro atoms. The molecule has 1 atom stereocenters. The monoisotopic (exact) mass is 293 g/mol.